The van der Waals surface area contributed by atoms with E-state index in [1.165, 1.54) is 18.2 Å². The van der Waals surface area contributed by atoms with E-state index < -0.39 is 29.8 Å². The molecular formula is C44H52O12. The Morgan fingerprint density at radius 1 is 0.482 bits per heavy atom. The van der Waals surface area contributed by atoms with Crippen molar-refractivity contribution in [3.8, 4) is 23.0 Å². The first-order valence-corrected chi connectivity index (χ1v) is 19.0. The maximum atomic E-state index is 13.2. The largest absolute Gasteiger partial charge is 0.494 e. The molecule has 0 heterocycles. The Bertz CT molecular complexity index is 1710. The summed E-state index contributed by atoms with van der Waals surface area (Å²) in [5.41, 5.74) is 0.433. The predicted molar refractivity (Wildman–Crippen MR) is 209 cm³/mol. The minimum Gasteiger partial charge on any atom is -0.494 e. The van der Waals surface area contributed by atoms with E-state index >= 15 is 0 Å². The summed E-state index contributed by atoms with van der Waals surface area (Å²) in [7, 11) is 0. The molecule has 0 atom stereocenters. The number of hydrogen-bond donors (Lipinski definition) is 0. The van der Waals surface area contributed by atoms with Crippen LogP contribution >= 0.6 is 0 Å². The summed E-state index contributed by atoms with van der Waals surface area (Å²) in [6.45, 7) is 10.6. The van der Waals surface area contributed by atoms with Gasteiger partial charge in [0, 0.05) is 12.2 Å². The average molecular weight is 773 g/mol. The van der Waals surface area contributed by atoms with Crippen molar-refractivity contribution in [2.45, 2.75) is 77.6 Å². The van der Waals surface area contributed by atoms with Crippen molar-refractivity contribution < 1.29 is 57.1 Å². The van der Waals surface area contributed by atoms with E-state index in [1.54, 1.807) is 48.5 Å². The third-order valence-electron chi connectivity index (χ3n) is 8.18. The van der Waals surface area contributed by atoms with Gasteiger partial charge in [-0.05, 0) is 125 Å². The third kappa shape index (κ3) is 17.0. The molecular weight excluding hydrogens is 720 g/mol. The van der Waals surface area contributed by atoms with Crippen molar-refractivity contribution in [3.05, 3.63) is 109 Å². The van der Waals surface area contributed by atoms with Gasteiger partial charge < -0.3 is 33.2 Å². The highest BCUT2D eigenvalue weighted by atomic mass is 16.6. The molecule has 3 rings (SSSR count). The van der Waals surface area contributed by atoms with Crippen molar-refractivity contribution in [2.75, 3.05) is 33.0 Å². The van der Waals surface area contributed by atoms with E-state index in [-0.39, 0.29) is 34.8 Å². The second-order valence-electron chi connectivity index (χ2n) is 12.6. The number of rotatable bonds is 27. The minimum absolute atomic E-state index is 0.0486. The lowest BCUT2D eigenvalue weighted by Gasteiger charge is -2.13. The first-order valence-electron chi connectivity index (χ1n) is 19.0. The molecule has 0 unspecified atom stereocenters. The molecule has 0 N–H and O–H groups in total. The number of esters is 5. The number of hydrogen-bond acceptors (Lipinski definition) is 12. The van der Waals surface area contributed by atoms with Gasteiger partial charge in [-0.15, -0.1) is 0 Å². The van der Waals surface area contributed by atoms with Gasteiger partial charge in [-0.3, -0.25) is 0 Å². The van der Waals surface area contributed by atoms with Crippen molar-refractivity contribution >= 4 is 29.8 Å². The normalized spacial score (nSPS) is 10.4. The van der Waals surface area contributed by atoms with Crippen molar-refractivity contribution in [3.63, 3.8) is 0 Å². The zero-order valence-electron chi connectivity index (χ0n) is 32.1. The molecule has 0 saturated heterocycles. The van der Waals surface area contributed by atoms with Crippen molar-refractivity contribution in [1.82, 2.24) is 0 Å². The summed E-state index contributed by atoms with van der Waals surface area (Å²) in [4.78, 5) is 61.4. The highest BCUT2D eigenvalue weighted by Crippen LogP contribution is 2.28. The third-order valence-corrected chi connectivity index (χ3v) is 8.18. The molecule has 0 radical (unpaired) electrons. The van der Waals surface area contributed by atoms with Gasteiger partial charge in [-0.2, -0.15) is 0 Å². The molecule has 0 amide bonds. The molecule has 300 valence electrons. The van der Waals surface area contributed by atoms with Crippen LogP contribution in [0.25, 0.3) is 0 Å². The van der Waals surface area contributed by atoms with Crippen LogP contribution in [0.1, 0.15) is 109 Å². The number of carbonyl (C=O) groups excluding carboxylic acids is 5. The van der Waals surface area contributed by atoms with E-state index in [0.29, 0.717) is 44.3 Å². The van der Waals surface area contributed by atoms with Crippen LogP contribution in [0.2, 0.25) is 0 Å². The highest BCUT2D eigenvalue weighted by molar-refractivity contribution is 5.97. The van der Waals surface area contributed by atoms with E-state index in [9.17, 15) is 24.0 Å². The van der Waals surface area contributed by atoms with Gasteiger partial charge >= 0.3 is 29.8 Å². The Labute approximate surface area is 328 Å². The fraction of sp³-hybridized carbons (Fsp3) is 0.386. The molecule has 12 nitrogen and oxygen atoms in total. The lowest BCUT2D eigenvalue weighted by atomic mass is 10.1. The van der Waals surface area contributed by atoms with E-state index in [2.05, 4.69) is 13.2 Å². The van der Waals surface area contributed by atoms with Gasteiger partial charge in [0.2, 0.25) is 0 Å². The Kier molecular flexibility index (Phi) is 20.6. The summed E-state index contributed by atoms with van der Waals surface area (Å²) in [5.74, 6) is -1.74. The molecule has 0 saturated carbocycles. The van der Waals surface area contributed by atoms with Crippen LogP contribution < -0.4 is 18.9 Å². The summed E-state index contributed by atoms with van der Waals surface area (Å²) in [5, 5.41) is 0. The Morgan fingerprint density at radius 3 is 1.39 bits per heavy atom. The minimum atomic E-state index is -0.721. The number of unbranched alkanes of at least 4 members (excludes halogenated alkanes) is 8. The second-order valence-corrected chi connectivity index (χ2v) is 12.6. The monoisotopic (exact) mass is 772 g/mol. The van der Waals surface area contributed by atoms with Crippen LogP contribution in [-0.4, -0.2) is 62.9 Å². The first kappa shape index (κ1) is 44.5. The van der Waals surface area contributed by atoms with Gasteiger partial charge in [0.15, 0.2) is 0 Å². The topological polar surface area (TPSA) is 150 Å². The molecule has 0 spiro atoms. The summed E-state index contributed by atoms with van der Waals surface area (Å²) < 4.78 is 38.1. The van der Waals surface area contributed by atoms with Gasteiger partial charge in [-0.25, -0.2) is 24.0 Å². The second kappa shape index (κ2) is 26.0. The molecule has 3 aromatic rings. The summed E-state index contributed by atoms with van der Waals surface area (Å²) >= 11 is 0. The van der Waals surface area contributed by atoms with Crippen LogP contribution in [0.4, 0.5) is 0 Å². The molecule has 0 fully saturated rings. The van der Waals surface area contributed by atoms with E-state index in [0.717, 1.165) is 76.4 Å². The molecule has 0 aliphatic heterocycles. The lowest BCUT2D eigenvalue weighted by Crippen LogP contribution is -2.14. The summed E-state index contributed by atoms with van der Waals surface area (Å²) in [6, 6.07) is 17.1. The van der Waals surface area contributed by atoms with Crippen LogP contribution in [0, 0.1) is 0 Å². The van der Waals surface area contributed by atoms with Gasteiger partial charge in [0.05, 0.1) is 44.2 Å². The first-order chi connectivity index (χ1) is 27.2. The van der Waals surface area contributed by atoms with Crippen LogP contribution in [0.5, 0.6) is 23.0 Å². The van der Waals surface area contributed by atoms with Crippen LogP contribution in [-0.2, 0) is 23.8 Å². The highest BCUT2D eigenvalue weighted by Gasteiger charge is 2.21. The number of benzene rings is 3. The predicted octanol–water partition coefficient (Wildman–Crippen LogP) is 8.81. The lowest BCUT2D eigenvalue weighted by molar-refractivity contribution is -0.138. The maximum Gasteiger partial charge on any atom is 0.343 e. The molecule has 0 aliphatic rings. The van der Waals surface area contributed by atoms with E-state index in [1.807, 2.05) is 6.92 Å². The molecule has 3 aromatic carbocycles. The van der Waals surface area contributed by atoms with Gasteiger partial charge in [0.1, 0.15) is 28.6 Å². The maximum absolute atomic E-state index is 13.2. The van der Waals surface area contributed by atoms with Crippen LogP contribution in [0.15, 0.2) is 92.0 Å². The summed E-state index contributed by atoms with van der Waals surface area (Å²) in [6.07, 6.45) is 11.5. The quantitative estimate of drug-likeness (QED) is 0.0240. The fourth-order valence-corrected chi connectivity index (χ4v) is 5.07. The zero-order chi connectivity index (χ0) is 40.4. The Balaban J connectivity index is 1.53. The van der Waals surface area contributed by atoms with E-state index in [4.69, 9.17) is 33.2 Å². The Hall–Kier alpha value is -5.91. The molecule has 0 aliphatic carbocycles. The molecule has 0 aromatic heterocycles. The van der Waals surface area contributed by atoms with Gasteiger partial charge in [-0.1, -0.05) is 32.9 Å². The standard InChI is InChI=1S/C44H52O12/c1-4-7-12-31-54-44(49)38-32-37(55-42(47)33-17-21-35(22-18-33)50-27-13-8-10-15-29-52-40(45)5-2)25-26-39(38)56-43(48)34-19-23-36(24-20-34)51-28-14-9-11-16-30-53-41(46)6-3/h5-6,17-26,32H,2-4,7-16,27-31H2,1H3. The van der Waals surface area contributed by atoms with Crippen LogP contribution in [0.3, 0.4) is 0 Å². The van der Waals surface area contributed by atoms with Crippen molar-refractivity contribution in [1.29, 1.82) is 0 Å². The molecule has 0 bridgehead atoms. The fourth-order valence-electron chi connectivity index (χ4n) is 5.07. The molecule has 12 heteroatoms. The SMILES string of the molecule is C=CC(=O)OCCCCCCOc1ccc(C(=O)Oc2ccc(OC(=O)c3ccc(OCCCCCCOC(=O)C=C)cc3)c(C(=O)OCCCCC)c2)cc1. The van der Waals surface area contributed by atoms with Gasteiger partial charge in [0.25, 0.3) is 0 Å². The number of carbonyl (C=O) groups is 5. The van der Waals surface area contributed by atoms with Crippen molar-refractivity contribution in [2.24, 2.45) is 0 Å². The Morgan fingerprint density at radius 2 is 0.911 bits per heavy atom. The molecule has 56 heavy (non-hydrogen) atoms. The average Bonchev–Trinajstić information content (AvgIpc) is 3.22. The smallest absolute Gasteiger partial charge is 0.343 e. The zero-order valence-corrected chi connectivity index (χ0v) is 32.1. The number of ether oxygens (including phenoxy) is 7.